The number of rotatable bonds is 6. The summed E-state index contributed by atoms with van der Waals surface area (Å²) in [6.45, 7) is -1.40. The topological polar surface area (TPSA) is 105 Å². The maximum Gasteiger partial charge on any atom is 0.330 e. The minimum Gasteiger partial charge on any atom is -0.394 e. The molecule has 8 heteroatoms. The maximum absolute atomic E-state index is 13.4. The second-order valence-corrected chi connectivity index (χ2v) is 3.20. The van der Waals surface area contributed by atoms with E-state index in [1.54, 1.807) is 0 Å². The van der Waals surface area contributed by atoms with E-state index in [-0.39, 0.29) is 13.2 Å². The summed E-state index contributed by atoms with van der Waals surface area (Å²) in [5.74, 6) is 0. The molecule has 7 nitrogen and oxygen atoms in total. The molecule has 1 aromatic heterocycles. The zero-order valence-corrected chi connectivity index (χ0v) is 8.88. The largest absolute Gasteiger partial charge is 0.394 e. The molecule has 17 heavy (non-hydrogen) atoms. The molecular formula is C9H13FN2O5. The molecular weight excluding hydrogens is 235 g/mol. The molecule has 2 atom stereocenters. The van der Waals surface area contributed by atoms with Crippen LogP contribution in [0.5, 0.6) is 0 Å². The predicted octanol–water partition coefficient (Wildman–Crippen LogP) is -1.63. The lowest BCUT2D eigenvalue weighted by Crippen LogP contribution is -2.37. The van der Waals surface area contributed by atoms with Crippen LogP contribution in [-0.4, -0.2) is 45.8 Å². The molecule has 0 amide bonds. The minimum atomic E-state index is -1.84. The van der Waals surface area contributed by atoms with Crippen molar-refractivity contribution in [3.05, 3.63) is 33.1 Å². The Balaban J connectivity index is 3.03. The first-order chi connectivity index (χ1) is 8.10. The van der Waals surface area contributed by atoms with Crippen LogP contribution in [0.4, 0.5) is 4.39 Å². The lowest BCUT2D eigenvalue weighted by Gasteiger charge is -2.21. The van der Waals surface area contributed by atoms with E-state index in [2.05, 4.69) is 0 Å². The van der Waals surface area contributed by atoms with E-state index in [0.29, 0.717) is 0 Å². The summed E-state index contributed by atoms with van der Waals surface area (Å²) in [5.41, 5.74) is -1.47. The molecule has 0 bridgehead atoms. The molecule has 0 aliphatic heterocycles. The first-order valence-electron chi connectivity index (χ1n) is 4.89. The van der Waals surface area contributed by atoms with Crippen molar-refractivity contribution in [2.45, 2.75) is 12.4 Å². The van der Waals surface area contributed by atoms with Crippen molar-refractivity contribution in [3.8, 4) is 0 Å². The third-order valence-corrected chi connectivity index (χ3v) is 1.99. The molecule has 1 heterocycles. The Bertz CT molecular complexity index is 457. The molecule has 0 spiro atoms. The van der Waals surface area contributed by atoms with Gasteiger partial charge in [0.25, 0.3) is 5.56 Å². The molecule has 0 saturated carbocycles. The normalized spacial score (nSPS) is 14.5. The summed E-state index contributed by atoms with van der Waals surface area (Å²) in [7, 11) is 0. The molecule has 0 saturated heterocycles. The fourth-order valence-corrected chi connectivity index (χ4v) is 1.25. The van der Waals surface area contributed by atoms with Gasteiger partial charge in [-0.1, -0.05) is 0 Å². The molecule has 3 N–H and O–H groups in total. The van der Waals surface area contributed by atoms with Gasteiger partial charge >= 0.3 is 5.69 Å². The van der Waals surface area contributed by atoms with Gasteiger partial charge in [0.2, 0.25) is 0 Å². The first kappa shape index (κ1) is 13.6. The highest BCUT2D eigenvalue weighted by molar-refractivity contribution is 4.85. The maximum atomic E-state index is 13.4. The van der Waals surface area contributed by atoms with Gasteiger partial charge in [0, 0.05) is 12.3 Å². The van der Waals surface area contributed by atoms with E-state index in [9.17, 15) is 14.0 Å². The Kier molecular flexibility index (Phi) is 5.01. The standard InChI is InChI=1S/C9H13FN2O5/c10-6(5-14)8(17-4-3-13)12-2-1-7(15)11-9(12)16/h1-2,6,8,13-14H,3-5H2,(H,11,15,16)/t6?,8-/m1/s1. The summed E-state index contributed by atoms with van der Waals surface area (Å²) in [6.07, 6.45) is -2.17. The summed E-state index contributed by atoms with van der Waals surface area (Å²) >= 11 is 0. The molecule has 0 aromatic carbocycles. The molecule has 0 radical (unpaired) electrons. The molecule has 1 unspecified atom stereocenters. The number of ether oxygens (including phenoxy) is 1. The van der Waals surface area contributed by atoms with Gasteiger partial charge in [0.1, 0.15) is 0 Å². The van der Waals surface area contributed by atoms with Gasteiger partial charge in [-0.2, -0.15) is 0 Å². The molecule has 0 fully saturated rings. The number of alkyl halides is 1. The number of aliphatic hydroxyl groups is 2. The van der Waals surface area contributed by atoms with Gasteiger partial charge in [-0.3, -0.25) is 14.3 Å². The van der Waals surface area contributed by atoms with Gasteiger partial charge in [-0.25, -0.2) is 9.18 Å². The van der Waals surface area contributed by atoms with Crippen molar-refractivity contribution in [1.29, 1.82) is 0 Å². The van der Waals surface area contributed by atoms with Gasteiger partial charge in [-0.05, 0) is 0 Å². The Labute approximate surface area is 95.1 Å². The van der Waals surface area contributed by atoms with Crippen LogP contribution in [0.3, 0.4) is 0 Å². The number of H-pyrrole nitrogens is 1. The van der Waals surface area contributed by atoms with Crippen LogP contribution < -0.4 is 11.2 Å². The van der Waals surface area contributed by atoms with Gasteiger partial charge in [-0.15, -0.1) is 0 Å². The van der Waals surface area contributed by atoms with Gasteiger partial charge in [0.15, 0.2) is 12.4 Å². The monoisotopic (exact) mass is 248 g/mol. The smallest absolute Gasteiger partial charge is 0.330 e. The number of aromatic amines is 1. The highest BCUT2D eigenvalue weighted by Gasteiger charge is 2.23. The number of aliphatic hydroxyl groups excluding tert-OH is 2. The average molecular weight is 248 g/mol. The van der Waals surface area contributed by atoms with Crippen LogP contribution in [0, 0.1) is 0 Å². The van der Waals surface area contributed by atoms with Crippen LogP contribution in [0.1, 0.15) is 6.23 Å². The van der Waals surface area contributed by atoms with Gasteiger partial charge in [0.05, 0.1) is 19.8 Å². The van der Waals surface area contributed by atoms with E-state index >= 15 is 0 Å². The van der Waals surface area contributed by atoms with Crippen molar-refractivity contribution in [2.24, 2.45) is 0 Å². The number of aromatic nitrogens is 2. The minimum absolute atomic E-state index is 0.198. The molecule has 0 aliphatic carbocycles. The fraction of sp³-hybridized carbons (Fsp3) is 0.556. The highest BCUT2D eigenvalue weighted by Crippen LogP contribution is 2.13. The zero-order chi connectivity index (χ0) is 12.8. The first-order valence-corrected chi connectivity index (χ1v) is 4.89. The SMILES string of the molecule is O=c1ccn([C@H](OCCO)C(F)CO)c(=O)[nH]1. The predicted molar refractivity (Wildman–Crippen MR) is 55.4 cm³/mol. The van der Waals surface area contributed by atoms with E-state index < -0.39 is 30.3 Å². The van der Waals surface area contributed by atoms with E-state index in [1.807, 2.05) is 4.98 Å². The Morgan fingerprint density at radius 1 is 1.47 bits per heavy atom. The second-order valence-electron chi connectivity index (χ2n) is 3.20. The summed E-state index contributed by atoms with van der Waals surface area (Å²) in [4.78, 5) is 24.1. The van der Waals surface area contributed by atoms with Crippen molar-refractivity contribution in [3.63, 3.8) is 0 Å². The molecule has 96 valence electrons. The Morgan fingerprint density at radius 3 is 2.71 bits per heavy atom. The quantitative estimate of drug-likeness (QED) is 0.561. The van der Waals surface area contributed by atoms with Crippen LogP contribution in [0.15, 0.2) is 21.9 Å². The number of halogens is 1. The lowest BCUT2D eigenvalue weighted by atomic mass is 10.3. The number of nitrogens with one attached hydrogen (secondary N) is 1. The Hall–Kier alpha value is -1.51. The van der Waals surface area contributed by atoms with Crippen molar-refractivity contribution < 1.29 is 19.3 Å². The van der Waals surface area contributed by atoms with E-state index in [4.69, 9.17) is 14.9 Å². The third kappa shape index (κ3) is 3.48. The fourth-order valence-electron chi connectivity index (χ4n) is 1.25. The average Bonchev–Trinajstić information content (AvgIpc) is 2.31. The van der Waals surface area contributed by atoms with E-state index in [1.165, 1.54) is 0 Å². The highest BCUT2D eigenvalue weighted by atomic mass is 19.1. The zero-order valence-electron chi connectivity index (χ0n) is 8.88. The number of hydrogen-bond acceptors (Lipinski definition) is 5. The molecule has 0 aliphatic rings. The summed E-state index contributed by atoms with van der Waals surface area (Å²) in [6, 6.07) is 1.03. The lowest BCUT2D eigenvalue weighted by molar-refractivity contribution is -0.0773. The number of hydrogen-bond donors (Lipinski definition) is 3. The third-order valence-electron chi connectivity index (χ3n) is 1.99. The Morgan fingerprint density at radius 2 is 2.18 bits per heavy atom. The van der Waals surface area contributed by atoms with Crippen LogP contribution >= 0.6 is 0 Å². The van der Waals surface area contributed by atoms with Crippen LogP contribution in [0.25, 0.3) is 0 Å². The molecule has 1 aromatic rings. The number of nitrogens with zero attached hydrogens (tertiary/aromatic N) is 1. The van der Waals surface area contributed by atoms with Crippen molar-refractivity contribution in [1.82, 2.24) is 9.55 Å². The van der Waals surface area contributed by atoms with Crippen LogP contribution in [-0.2, 0) is 4.74 Å². The van der Waals surface area contributed by atoms with E-state index in [0.717, 1.165) is 16.8 Å². The van der Waals surface area contributed by atoms with Crippen molar-refractivity contribution >= 4 is 0 Å². The van der Waals surface area contributed by atoms with Crippen molar-refractivity contribution in [2.75, 3.05) is 19.8 Å². The molecule has 1 rings (SSSR count). The summed E-state index contributed by atoms with van der Waals surface area (Å²) < 4.78 is 19.1. The second kappa shape index (κ2) is 6.28. The van der Waals surface area contributed by atoms with Gasteiger partial charge < -0.3 is 14.9 Å². The van der Waals surface area contributed by atoms with Crippen LogP contribution in [0.2, 0.25) is 0 Å². The summed E-state index contributed by atoms with van der Waals surface area (Å²) in [5, 5.41) is 17.3.